The molecule has 3 aromatic rings. The third-order valence-corrected chi connectivity index (χ3v) is 3.75. The van der Waals surface area contributed by atoms with Crippen molar-refractivity contribution in [1.29, 1.82) is 0 Å². The molecular weight excluding hydrogens is 274 g/mol. The average molecular weight is 295 g/mol. The number of likely N-dealkylation sites (N-methyl/N-ethyl adjacent to an activating group) is 1. The average Bonchev–Trinajstić information content (AvgIpc) is 3.15. The topological polar surface area (TPSA) is 38.9 Å². The number of hydrogen-bond acceptors (Lipinski definition) is 3. The van der Waals surface area contributed by atoms with E-state index < -0.39 is 0 Å². The van der Waals surface area contributed by atoms with Gasteiger partial charge in [0.25, 0.3) is 0 Å². The highest BCUT2D eigenvalue weighted by Crippen LogP contribution is 2.09. The quantitative estimate of drug-likeness (QED) is 0.700. The first-order valence-corrected chi connectivity index (χ1v) is 7.46. The third kappa shape index (κ3) is 3.43. The molecule has 22 heavy (non-hydrogen) atoms. The molecule has 0 amide bonds. The van der Waals surface area contributed by atoms with E-state index >= 15 is 0 Å². The molecule has 0 bridgehead atoms. The molecule has 0 fully saturated rings. The van der Waals surface area contributed by atoms with Crippen LogP contribution in [0.25, 0.3) is 5.69 Å². The first-order chi connectivity index (χ1) is 10.7. The first-order valence-electron chi connectivity index (χ1n) is 7.46. The monoisotopic (exact) mass is 295 g/mol. The molecule has 0 atom stereocenters. The lowest BCUT2D eigenvalue weighted by Crippen LogP contribution is -2.21. The van der Waals surface area contributed by atoms with E-state index in [9.17, 15) is 0 Å². The predicted octanol–water partition coefficient (Wildman–Crippen LogP) is 2.28. The van der Waals surface area contributed by atoms with E-state index in [-0.39, 0.29) is 0 Å². The summed E-state index contributed by atoms with van der Waals surface area (Å²) >= 11 is 0. The molecule has 3 rings (SSSR count). The van der Waals surface area contributed by atoms with Crippen molar-refractivity contribution in [2.24, 2.45) is 7.05 Å². The van der Waals surface area contributed by atoms with Crippen LogP contribution in [0.1, 0.15) is 11.4 Å². The maximum Gasteiger partial charge on any atom is 0.109 e. The van der Waals surface area contributed by atoms with Gasteiger partial charge in [0.15, 0.2) is 0 Å². The fourth-order valence-corrected chi connectivity index (χ4v) is 2.48. The van der Waals surface area contributed by atoms with Gasteiger partial charge in [0.2, 0.25) is 0 Å². The molecule has 114 valence electrons. The van der Waals surface area contributed by atoms with Crippen molar-refractivity contribution in [3.63, 3.8) is 0 Å². The second-order valence-electron chi connectivity index (χ2n) is 5.57. The van der Waals surface area contributed by atoms with Gasteiger partial charge in [-0.25, -0.2) is 9.67 Å². The van der Waals surface area contributed by atoms with E-state index in [1.54, 1.807) is 0 Å². The Labute approximate surface area is 130 Å². The molecule has 0 aliphatic rings. The van der Waals surface area contributed by atoms with Crippen LogP contribution in [0.3, 0.4) is 0 Å². The van der Waals surface area contributed by atoms with Crippen molar-refractivity contribution >= 4 is 0 Å². The zero-order valence-corrected chi connectivity index (χ0v) is 13.1. The molecule has 0 spiro atoms. The largest absolute Gasteiger partial charge is 0.338 e. The summed E-state index contributed by atoms with van der Waals surface area (Å²) in [5, 5.41) is 4.44. The number of hydrogen-bond donors (Lipinski definition) is 0. The van der Waals surface area contributed by atoms with Gasteiger partial charge in [-0.15, -0.1) is 0 Å². The van der Waals surface area contributed by atoms with Crippen LogP contribution >= 0.6 is 0 Å². The number of aryl methyl sites for hydroxylation is 1. The normalized spacial score (nSPS) is 11.2. The molecule has 0 aliphatic carbocycles. The van der Waals surface area contributed by atoms with E-state index in [0.29, 0.717) is 0 Å². The molecule has 0 saturated heterocycles. The molecule has 0 unspecified atom stereocenters. The van der Waals surface area contributed by atoms with Crippen LogP contribution in [-0.4, -0.2) is 37.8 Å². The lowest BCUT2D eigenvalue weighted by molar-refractivity contribution is 0.327. The van der Waals surface area contributed by atoms with Gasteiger partial charge < -0.3 is 9.47 Å². The maximum atomic E-state index is 4.44. The van der Waals surface area contributed by atoms with E-state index in [2.05, 4.69) is 44.9 Å². The van der Waals surface area contributed by atoms with Gasteiger partial charge in [-0.2, -0.15) is 5.10 Å². The lowest BCUT2D eigenvalue weighted by Gasteiger charge is -2.15. The van der Waals surface area contributed by atoms with Crippen molar-refractivity contribution < 1.29 is 0 Å². The molecule has 5 heteroatoms. The van der Waals surface area contributed by atoms with Crippen LogP contribution < -0.4 is 0 Å². The summed E-state index contributed by atoms with van der Waals surface area (Å²) in [5.74, 6) is 1.12. The molecule has 2 heterocycles. The third-order valence-electron chi connectivity index (χ3n) is 3.75. The van der Waals surface area contributed by atoms with Gasteiger partial charge in [-0.05, 0) is 19.2 Å². The summed E-state index contributed by atoms with van der Waals surface area (Å²) in [6.45, 7) is 1.86. The Morgan fingerprint density at radius 3 is 2.73 bits per heavy atom. The van der Waals surface area contributed by atoms with Gasteiger partial charge in [-0.3, -0.25) is 0 Å². The highest BCUT2D eigenvalue weighted by atomic mass is 15.3. The molecular formula is C17H21N5. The predicted molar refractivity (Wildman–Crippen MR) is 86.8 cm³/mol. The smallest absolute Gasteiger partial charge is 0.109 e. The SMILES string of the molecule is CN(CCc1nccn1C)Cc1cnn(-c2ccccc2)c1. The minimum Gasteiger partial charge on any atom is -0.338 e. The number of benzene rings is 1. The van der Waals surface area contributed by atoms with E-state index in [1.165, 1.54) is 5.56 Å². The summed E-state index contributed by atoms with van der Waals surface area (Å²) in [5.41, 5.74) is 2.30. The van der Waals surface area contributed by atoms with Crippen LogP contribution in [0.4, 0.5) is 0 Å². The standard InChI is InChI=1S/C17H21N5/c1-20(10-8-17-18-9-11-21(17)2)13-15-12-19-22(14-15)16-6-4-3-5-7-16/h3-7,9,11-12,14H,8,10,13H2,1-2H3. The van der Waals surface area contributed by atoms with Crippen molar-refractivity contribution in [1.82, 2.24) is 24.2 Å². The summed E-state index contributed by atoms with van der Waals surface area (Å²) < 4.78 is 3.99. The summed E-state index contributed by atoms with van der Waals surface area (Å²) in [6, 6.07) is 10.2. The number of aromatic nitrogens is 4. The Bertz CT molecular complexity index is 713. The van der Waals surface area contributed by atoms with Crippen LogP contribution in [-0.2, 0) is 20.0 Å². The van der Waals surface area contributed by atoms with Gasteiger partial charge in [-0.1, -0.05) is 18.2 Å². The Balaban J connectivity index is 1.57. The molecule has 0 aliphatic heterocycles. The number of rotatable bonds is 6. The molecule has 2 aromatic heterocycles. The molecule has 0 N–H and O–H groups in total. The maximum absolute atomic E-state index is 4.44. The molecule has 0 radical (unpaired) electrons. The van der Waals surface area contributed by atoms with Gasteiger partial charge in [0.1, 0.15) is 5.82 Å². The van der Waals surface area contributed by atoms with E-state index in [1.807, 2.05) is 48.5 Å². The number of nitrogens with zero attached hydrogens (tertiary/aromatic N) is 5. The van der Waals surface area contributed by atoms with Crippen molar-refractivity contribution in [2.45, 2.75) is 13.0 Å². The zero-order valence-electron chi connectivity index (χ0n) is 13.1. The van der Waals surface area contributed by atoms with E-state index in [0.717, 1.165) is 31.0 Å². The highest BCUT2D eigenvalue weighted by molar-refractivity contribution is 5.30. The minimum absolute atomic E-state index is 0.886. The van der Waals surface area contributed by atoms with Crippen molar-refractivity contribution in [3.8, 4) is 5.69 Å². The summed E-state index contributed by atoms with van der Waals surface area (Å²) in [7, 11) is 4.16. The Morgan fingerprint density at radius 1 is 1.18 bits per heavy atom. The van der Waals surface area contributed by atoms with Crippen molar-refractivity contribution in [3.05, 3.63) is 66.5 Å². The van der Waals surface area contributed by atoms with Crippen LogP contribution in [0.5, 0.6) is 0 Å². The van der Waals surface area contributed by atoms with E-state index in [4.69, 9.17) is 0 Å². The van der Waals surface area contributed by atoms with Crippen LogP contribution in [0.2, 0.25) is 0 Å². The molecule has 0 saturated carbocycles. The highest BCUT2D eigenvalue weighted by Gasteiger charge is 2.06. The fraction of sp³-hybridized carbons (Fsp3) is 0.294. The first kappa shape index (κ1) is 14.5. The summed E-state index contributed by atoms with van der Waals surface area (Å²) in [4.78, 5) is 6.65. The fourth-order valence-electron chi connectivity index (χ4n) is 2.48. The summed E-state index contributed by atoms with van der Waals surface area (Å²) in [6.07, 6.45) is 8.81. The second-order valence-corrected chi connectivity index (χ2v) is 5.57. The van der Waals surface area contributed by atoms with Gasteiger partial charge in [0.05, 0.1) is 11.9 Å². The minimum atomic E-state index is 0.886. The van der Waals surface area contributed by atoms with Crippen LogP contribution in [0, 0.1) is 0 Å². The Morgan fingerprint density at radius 2 is 2.00 bits per heavy atom. The number of imidazole rings is 1. The van der Waals surface area contributed by atoms with Gasteiger partial charge >= 0.3 is 0 Å². The van der Waals surface area contributed by atoms with Crippen molar-refractivity contribution in [2.75, 3.05) is 13.6 Å². The number of para-hydroxylation sites is 1. The van der Waals surface area contributed by atoms with Crippen LogP contribution in [0.15, 0.2) is 55.1 Å². The molecule has 5 nitrogen and oxygen atoms in total. The Hall–Kier alpha value is -2.40. The zero-order chi connectivity index (χ0) is 15.4. The second kappa shape index (κ2) is 6.58. The molecule has 1 aromatic carbocycles. The van der Waals surface area contributed by atoms with Gasteiger partial charge in [0, 0.05) is 50.7 Å². The Kier molecular flexibility index (Phi) is 4.34. The lowest BCUT2D eigenvalue weighted by atomic mass is 10.3.